The number of nitrogens with zero attached hydrogens (tertiary/aromatic N) is 1. The lowest BCUT2D eigenvalue weighted by atomic mass is 10.1. The molecule has 80 valence electrons. The Morgan fingerprint density at radius 1 is 1.36 bits per heavy atom. The first kappa shape index (κ1) is 14.3. The second-order valence-electron chi connectivity index (χ2n) is 2.73. The lowest BCUT2D eigenvalue weighted by Gasteiger charge is -2.10. The molecule has 14 heavy (non-hydrogen) atoms. The van der Waals surface area contributed by atoms with Gasteiger partial charge in [-0.15, -0.1) is 12.4 Å². The van der Waals surface area contributed by atoms with Crippen molar-refractivity contribution in [3.63, 3.8) is 0 Å². The third-order valence-corrected chi connectivity index (χ3v) is 3.02. The quantitative estimate of drug-likeness (QED) is 0.879. The standard InChI is InChI=1S/C8H10Br2N2O.ClH/c9-7-2-12-3-8(10)6(7)1-5(11)4-13;/h2-3,5,13H,1,4,11H2;1H. The predicted molar refractivity (Wildman–Crippen MR) is 65.7 cm³/mol. The largest absolute Gasteiger partial charge is 0.395 e. The van der Waals surface area contributed by atoms with Crippen LogP contribution in [0, 0.1) is 0 Å². The molecule has 3 N–H and O–H groups in total. The van der Waals surface area contributed by atoms with Crippen molar-refractivity contribution < 1.29 is 5.11 Å². The normalized spacial score (nSPS) is 12.0. The maximum Gasteiger partial charge on any atom is 0.0585 e. The molecule has 0 aliphatic carbocycles. The van der Waals surface area contributed by atoms with E-state index in [9.17, 15) is 0 Å². The summed E-state index contributed by atoms with van der Waals surface area (Å²) in [6.07, 6.45) is 4.05. The van der Waals surface area contributed by atoms with Crippen molar-refractivity contribution in [2.24, 2.45) is 5.73 Å². The van der Waals surface area contributed by atoms with E-state index in [4.69, 9.17) is 10.8 Å². The minimum Gasteiger partial charge on any atom is -0.395 e. The molecular formula is C8H11Br2ClN2O. The summed E-state index contributed by atoms with van der Waals surface area (Å²) in [4.78, 5) is 3.98. The highest BCUT2D eigenvalue weighted by atomic mass is 79.9. The van der Waals surface area contributed by atoms with E-state index in [1.54, 1.807) is 12.4 Å². The fourth-order valence-corrected chi connectivity index (χ4v) is 2.21. The van der Waals surface area contributed by atoms with Crippen molar-refractivity contribution >= 4 is 44.3 Å². The first-order chi connectivity index (χ1) is 6.15. The van der Waals surface area contributed by atoms with Crippen LogP contribution in [0.1, 0.15) is 5.56 Å². The predicted octanol–water partition coefficient (Wildman–Crippen LogP) is 1.89. The SMILES string of the molecule is Cl.NC(CO)Cc1c(Br)cncc1Br. The lowest BCUT2D eigenvalue weighted by Crippen LogP contribution is -2.27. The van der Waals surface area contributed by atoms with Gasteiger partial charge in [0.2, 0.25) is 0 Å². The molecule has 0 fully saturated rings. The second kappa shape index (κ2) is 6.74. The number of aromatic nitrogens is 1. The molecule has 0 saturated heterocycles. The van der Waals surface area contributed by atoms with Crippen LogP contribution in [0.4, 0.5) is 0 Å². The summed E-state index contributed by atoms with van der Waals surface area (Å²) in [5, 5.41) is 8.81. The summed E-state index contributed by atoms with van der Waals surface area (Å²) in [5.41, 5.74) is 6.67. The van der Waals surface area contributed by atoms with Gasteiger partial charge in [0, 0.05) is 27.4 Å². The van der Waals surface area contributed by atoms with Gasteiger partial charge in [0.05, 0.1) is 6.61 Å². The van der Waals surface area contributed by atoms with Crippen LogP contribution in [0.25, 0.3) is 0 Å². The number of halogens is 3. The van der Waals surface area contributed by atoms with Crippen LogP contribution in [0.2, 0.25) is 0 Å². The third kappa shape index (κ3) is 3.82. The Kier molecular flexibility index (Phi) is 6.89. The van der Waals surface area contributed by atoms with Gasteiger partial charge in [0.1, 0.15) is 0 Å². The summed E-state index contributed by atoms with van der Waals surface area (Å²) >= 11 is 6.75. The molecule has 0 bridgehead atoms. The molecule has 3 nitrogen and oxygen atoms in total. The van der Waals surface area contributed by atoms with Gasteiger partial charge in [0.15, 0.2) is 0 Å². The highest BCUT2D eigenvalue weighted by Crippen LogP contribution is 2.24. The molecular weight excluding hydrogens is 335 g/mol. The average Bonchev–Trinajstić information content (AvgIpc) is 2.11. The summed E-state index contributed by atoms with van der Waals surface area (Å²) in [7, 11) is 0. The van der Waals surface area contributed by atoms with Crippen molar-refractivity contribution in [3.8, 4) is 0 Å². The molecule has 1 atom stereocenters. The van der Waals surface area contributed by atoms with E-state index in [2.05, 4.69) is 36.8 Å². The van der Waals surface area contributed by atoms with Gasteiger partial charge in [-0.2, -0.15) is 0 Å². The summed E-state index contributed by atoms with van der Waals surface area (Å²) in [6, 6.07) is -0.227. The number of aliphatic hydroxyl groups is 1. The van der Waals surface area contributed by atoms with Crippen LogP contribution in [-0.2, 0) is 6.42 Å². The fraction of sp³-hybridized carbons (Fsp3) is 0.375. The first-order valence-corrected chi connectivity index (χ1v) is 5.38. The maximum absolute atomic E-state index is 8.81. The topological polar surface area (TPSA) is 59.1 Å². The molecule has 1 rings (SSSR count). The molecule has 0 spiro atoms. The highest BCUT2D eigenvalue weighted by Gasteiger charge is 2.09. The highest BCUT2D eigenvalue weighted by molar-refractivity contribution is 9.11. The van der Waals surface area contributed by atoms with Crippen LogP contribution < -0.4 is 5.73 Å². The van der Waals surface area contributed by atoms with Crippen LogP contribution >= 0.6 is 44.3 Å². The zero-order chi connectivity index (χ0) is 9.84. The van der Waals surface area contributed by atoms with Gasteiger partial charge in [-0.05, 0) is 43.8 Å². The van der Waals surface area contributed by atoms with Crippen LogP contribution in [0.15, 0.2) is 21.3 Å². The smallest absolute Gasteiger partial charge is 0.0585 e. The number of nitrogens with two attached hydrogens (primary N) is 1. The summed E-state index contributed by atoms with van der Waals surface area (Å²) < 4.78 is 1.82. The average molecular weight is 346 g/mol. The van der Waals surface area contributed by atoms with Crippen molar-refractivity contribution in [3.05, 3.63) is 26.9 Å². The van der Waals surface area contributed by atoms with Gasteiger partial charge < -0.3 is 10.8 Å². The Morgan fingerprint density at radius 3 is 2.29 bits per heavy atom. The van der Waals surface area contributed by atoms with E-state index in [0.717, 1.165) is 14.5 Å². The Morgan fingerprint density at radius 2 is 1.86 bits per heavy atom. The van der Waals surface area contributed by atoms with Crippen LogP contribution in [0.3, 0.4) is 0 Å². The molecule has 1 heterocycles. The van der Waals surface area contributed by atoms with Gasteiger partial charge in [-0.3, -0.25) is 4.98 Å². The molecule has 0 aliphatic rings. The van der Waals surface area contributed by atoms with Crippen molar-refractivity contribution in [1.29, 1.82) is 0 Å². The molecule has 0 saturated carbocycles. The number of hydrogen-bond donors (Lipinski definition) is 2. The van der Waals surface area contributed by atoms with E-state index in [1.807, 2.05) is 0 Å². The van der Waals surface area contributed by atoms with Gasteiger partial charge in [-0.25, -0.2) is 0 Å². The zero-order valence-corrected chi connectivity index (χ0v) is 11.3. The number of rotatable bonds is 3. The minimum atomic E-state index is -0.227. The summed E-state index contributed by atoms with van der Waals surface area (Å²) in [6.45, 7) is -0.0127. The van der Waals surface area contributed by atoms with Crippen molar-refractivity contribution in [2.75, 3.05) is 6.61 Å². The molecule has 0 aromatic carbocycles. The molecule has 0 radical (unpaired) electrons. The lowest BCUT2D eigenvalue weighted by molar-refractivity contribution is 0.265. The molecule has 0 aliphatic heterocycles. The van der Waals surface area contributed by atoms with E-state index < -0.39 is 0 Å². The maximum atomic E-state index is 8.81. The van der Waals surface area contributed by atoms with Gasteiger partial charge in [0.25, 0.3) is 0 Å². The van der Waals surface area contributed by atoms with E-state index in [1.165, 1.54) is 0 Å². The van der Waals surface area contributed by atoms with Crippen molar-refractivity contribution in [1.82, 2.24) is 4.98 Å². The molecule has 6 heteroatoms. The fourth-order valence-electron chi connectivity index (χ4n) is 0.960. The molecule has 1 aromatic heterocycles. The van der Waals surface area contributed by atoms with Crippen LogP contribution in [0.5, 0.6) is 0 Å². The van der Waals surface area contributed by atoms with Crippen LogP contribution in [-0.4, -0.2) is 22.7 Å². The third-order valence-electron chi connectivity index (χ3n) is 1.65. The Balaban J connectivity index is 0.00000169. The van der Waals surface area contributed by atoms with Crippen molar-refractivity contribution in [2.45, 2.75) is 12.5 Å². The Bertz CT molecular complexity index is 278. The summed E-state index contributed by atoms with van der Waals surface area (Å²) in [5.74, 6) is 0. The molecule has 1 aromatic rings. The van der Waals surface area contributed by atoms with E-state index >= 15 is 0 Å². The van der Waals surface area contributed by atoms with E-state index in [-0.39, 0.29) is 25.1 Å². The van der Waals surface area contributed by atoms with E-state index in [0.29, 0.717) is 6.42 Å². The number of pyridine rings is 1. The number of hydrogen-bond acceptors (Lipinski definition) is 3. The zero-order valence-electron chi connectivity index (χ0n) is 7.28. The van der Waals surface area contributed by atoms with Gasteiger partial charge >= 0.3 is 0 Å². The Hall–Kier alpha value is 0.320. The Labute approximate surface area is 106 Å². The van der Waals surface area contributed by atoms with Gasteiger partial charge in [-0.1, -0.05) is 0 Å². The number of aliphatic hydroxyl groups excluding tert-OH is 1. The molecule has 0 amide bonds. The molecule has 1 unspecified atom stereocenters. The second-order valence-corrected chi connectivity index (χ2v) is 4.44. The first-order valence-electron chi connectivity index (χ1n) is 3.79. The monoisotopic (exact) mass is 344 g/mol. The minimum absolute atomic E-state index is 0.